The molecule has 4 atom stereocenters. The Kier molecular flexibility index (Phi) is 5.05. The number of aryl methyl sites for hydroxylation is 1. The van der Waals surface area contributed by atoms with Gasteiger partial charge in [0.1, 0.15) is 12.2 Å². The van der Waals surface area contributed by atoms with E-state index in [9.17, 15) is 9.59 Å². The number of hydrogen-bond donors (Lipinski definition) is 3. The minimum absolute atomic E-state index is 0.0512. The van der Waals surface area contributed by atoms with Gasteiger partial charge in [-0.2, -0.15) is 5.10 Å². The van der Waals surface area contributed by atoms with Gasteiger partial charge < -0.3 is 20.1 Å². The summed E-state index contributed by atoms with van der Waals surface area (Å²) < 4.78 is 11.3. The SMILES string of the molecule is Cc1csc([C@@H]2[C@@H](C(=O)Nc3cc([C@@H]4C[C@H](OC(=O)NC5(C)CC5)CO4)[nH]n3)C2(C)C)n1. The van der Waals surface area contributed by atoms with Gasteiger partial charge in [-0.1, -0.05) is 13.8 Å². The highest BCUT2D eigenvalue weighted by atomic mass is 32.1. The molecule has 0 bridgehead atoms. The Balaban J connectivity index is 1.15. The summed E-state index contributed by atoms with van der Waals surface area (Å²) in [5.74, 6) is 0.402. The minimum Gasteiger partial charge on any atom is -0.444 e. The molecule has 2 aromatic heterocycles. The van der Waals surface area contributed by atoms with Gasteiger partial charge in [0, 0.05) is 35.0 Å². The Morgan fingerprint density at radius 1 is 1.31 bits per heavy atom. The number of hydrogen-bond acceptors (Lipinski definition) is 7. The van der Waals surface area contributed by atoms with Crippen molar-refractivity contribution in [2.75, 3.05) is 11.9 Å². The van der Waals surface area contributed by atoms with E-state index in [1.54, 1.807) is 17.4 Å². The molecule has 0 unspecified atom stereocenters. The monoisotopic (exact) mass is 459 g/mol. The molecule has 0 aromatic carbocycles. The van der Waals surface area contributed by atoms with E-state index in [1.807, 2.05) is 19.2 Å². The van der Waals surface area contributed by atoms with Crippen LogP contribution in [0.15, 0.2) is 11.4 Å². The molecule has 2 amide bonds. The first-order chi connectivity index (χ1) is 15.1. The lowest BCUT2D eigenvalue weighted by molar-refractivity contribution is -0.118. The quantitative estimate of drug-likeness (QED) is 0.607. The Bertz CT molecular complexity index is 1040. The van der Waals surface area contributed by atoms with Crippen LogP contribution in [0, 0.1) is 18.3 Å². The summed E-state index contributed by atoms with van der Waals surface area (Å²) in [7, 11) is 0. The van der Waals surface area contributed by atoms with Gasteiger partial charge in [0.2, 0.25) is 5.91 Å². The van der Waals surface area contributed by atoms with E-state index in [0.717, 1.165) is 29.2 Å². The highest BCUT2D eigenvalue weighted by molar-refractivity contribution is 7.09. The first kappa shape index (κ1) is 21.4. The van der Waals surface area contributed by atoms with E-state index in [-0.39, 0.29) is 40.9 Å². The average molecular weight is 460 g/mol. The fourth-order valence-electron chi connectivity index (χ4n) is 4.51. The number of carbonyl (C=O) groups is 2. The molecule has 2 aromatic rings. The van der Waals surface area contributed by atoms with Crippen LogP contribution in [-0.4, -0.2) is 45.4 Å². The van der Waals surface area contributed by atoms with Crippen LogP contribution >= 0.6 is 11.3 Å². The lowest BCUT2D eigenvalue weighted by atomic mass is 10.1. The number of aromatic nitrogens is 3. The summed E-state index contributed by atoms with van der Waals surface area (Å²) in [4.78, 5) is 29.5. The van der Waals surface area contributed by atoms with Crippen molar-refractivity contribution < 1.29 is 19.1 Å². The van der Waals surface area contributed by atoms with Crippen LogP contribution in [0.1, 0.15) is 68.5 Å². The third-order valence-corrected chi connectivity index (χ3v) is 7.89. The number of H-pyrrole nitrogens is 1. The second-order valence-electron chi connectivity index (χ2n) is 10.1. The normalized spacial score (nSPS) is 29.4. The third kappa shape index (κ3) is 4.13. The van der Waals surface area contributed by atoms with E-state index >= 15 is 0 Å². The topological polar surface area (TPSA) is 118 Å². The number of amides is 2. The van der Waals surface area contributed by atoms with Gasteiger partial charge in [-0.05, 0) is 32.1 Å². The number of thiazole rings is 1. The summed E-state index contributed by atoms with van der Waals surface area (Å²) in [6.45, 7) is 8.50. The number of rotatable bonds is 6. The van der Waals surface area contributed by atoms with Gasteiger partial charge in [0.05, 0.1) is 23.2 Å². The zero-order chi connectivity index (χ0) is 22.7. The van der Waals surface area contributed by atoms with Crippen LogP contribution in [0.25, 0.3) is 0 Å². The molecule has 3 fully saturated rings. The van der Waals surface area contributed by atoms with Gasteiger partial charge in [-0.25, -0.2) is 9.78 Å². The minimum atomic E-state index is -0.395. The highest BCUT2D eigenvalue weighted by Crippen LogP contribution is 2.65. The van der Waals surface area contributed by atoms with Crippen LogP contribution in [0.4, 0.5) is 10.6 Å². The molecule has 32 heavy (non-hydrogen) atoms. The van der Waals surface area contributed by atoms with Crippen molar-refractivity contribution in [3.63, 3.8) is 0 Å². The largest absolute Gasteiger partial charge is 0.444 e. The van der Waals surface area contributed by atoms with Crippen molar-refractivity contribution in [2.45, 2.75) is 70.6 Å². The first-order valence-electron chi connectivity index (χ1n) is 11.0. The molecule has 172 valence electrons. The van der Waals surface area contributed by atoms with Crippen LogP contribution in [0.5, 0.6) is 0 Å². The first-order valence-corrected chi connectivity index (χ1v) is 11.9. The molecular formula is C22H29N5O4S. The highest BCUT2D eigenvalue weighted by Gasteiger charge is 2.63. The van der Waals surface area contributed by atoms with E-state index in [1.165, 1.54) is 0 Å². The van der Waals surface area contributed by atoms with Crippen LogP contribution in [-0.2, 0) is 14.3 Å². The summed E-state index contributed by atoms with van der Waals surface area (Å²) in [5.41, 5.74) is 1.50. The van der Waals surface area contributed by atoms with Crippen molar-refractivity contribution in [3.05, 3.63) is 27.8 Å². The number of alkyl carbamates (subject to hydrolysis) is 1. The molecule has 9 nitrogen and oxygen atoms in total. The van der Waals surface area contributed by atoms with Crippen LogP contribution in [0.3, 0.4) is 0 Å². The second-order valence-corrected chi connectivity index (χ2v) is 11.0. The Labute approximate surface area is 190 Å². The molecule has 3 heterocycles. The van der Waals surface area contributed by atoms with E-state index < -0.39 is 6.09 Å². The predicted octanol–water partition coefficient (Wildman–Crippen LogP) is 3.66. The molecule has 0 spiro atoms. The number of nitrogens with one attached hydrogen (secondary N) is 3. The van der Waals surface area contributed by atoms with Crippen LogP contribution in [0.2, 0.25) is 0 Å². The van der Waals surface area contributed by atoms with Crippen molar-refractivity contribution in [3.8, 4) is 0 Å². The van der Waals surface area contributed by atoms with Crippen molar-refractivity contribution >= 4 is 29.2 Å². The fraction of sp³-hybridized carbons (Fsp3) is 0.636. The van der Waals surface area contributed by atoms with Crippen molar-refractivity contribution in [2.24, 2.45) is 11.3 Å². The zero-order valence-electron chi connectivity index (χ0n) is 18.7. The van der Waals surface area contributed by atoms with Gasteiger partial charge >= 0.3 is 6.09 Å². The Morgan fingerprint density at radius 2 is 2.09 bits per heavy atom. The maximum absolute atomic E-state index is 12.9. The summed E-state index contributed by atoms with van der Waals surface area (Å²) in [6.07, 6.45) is 1.55. The maximum Gasteiger partial charge on any atom is 0.407 e. The molecule has 10 heteroatoms. The standard InChI is InChI=1S/C22H29N5O4S/c1-11-10-32-19(23-11)17-16(21(17,2)3)18(28)24-15-8-13(26-27-15)14-7-12(9-30-14)31-20(29)25-22(4)5-6-22/h8,10,12,14,16-17H,5-7,9H2,1-4H3,(H,25,29)(H2,24,26,27,28)/t12-,14-,16-,17-/m0/s1. The van der Waals surface area contributed by atoms with E-state index in [0.29, 0.717) is 18.8 Å². The van der Waals surface area contributed by atoms with Gasteiger partial charge in [0.25, 0.3) is 0 Å². The lowest BCUT2D eigenvalue weighted by Gasteiger charge is -2.15. The number of nitrogens with zero attached hydrogens (tertiary/aromatic N) is 2. The molecule has 3 N–H and O–H groups in total. The maximum atomic E-state index is 12.9. The molecule has 1 aliphatic heterocycles. The van der Waals surface area contributed by atoms with Crippen molar-refractivity contribution in [1.82, 2.24) is 20.5 Å². The predicted molar refractivity (Wildman–Crippen MR) is 118 cm³/mol. The smallest absolute Gasteiger partial charge is 0.407 e. The summed E-state index contributed by atoms with van der Waals surface area (Å²) in [6, 6.07) is 1.79. The molecule has 0 radical (unpaired) electrons. The molecule has 1 saturated heterocycles. The number of ether oxygens (including phenoxy) is 2. The summed E-state index contributed by atoms with van der Waals surface area (Å²) in [5, 5.41) is 16.0. The van der Waals surface area contributed by atoms with E-state index in [4.69, 9.17) is 9.47 Å². The zero-order valence-corrected chi connectivity index (χ0v) is 19.5. The molecule has 5 rings (SSSR count). The lowest BCUT2D eigenvalue weighted by Crippen LogP contribution is -2.37. The Morgan fingerprint density at radius 3 is 2.78 bits per heavy atom. The molecule has 3 aliphatic rings. The second kappa shape index (κ2) is 7.55. The summed E-state index contributed by atoms with van der Waals surface area (Å²) >= 11 is 1.61. The van der Waals surface area contributed by atoms with Crippen LogP contribution < -0.4 is 10.6 Å². The molecule has 2 aliphatic carbocycles. The van der Waals surface area contributed by atoms with Crippen molar-refractivity contribution in [1.29, 1.82) is 0 Å². The number of anilines is 1. The van der Waals surface area contributed by atoms with E-state index in [2.05, 4.69) is 39.7 Å². The fourth-order valence-corrected chi connectivity index (χ4v) is 5.64. The number of carbonyl (C=O) groups excluding carboxylic acids is 2. The average Bonchev–Trinajstić information content (AvgIpc) is 3.25. The number of aromatic amines is 1. The third-order valence-electron chi connectivity index (χ3n) is 6.85. The van der Waals surface area contributed by atoms with Gasteiger partial charge in [0.15, 0.2) is 5.82 Å². The van der Waals surface area contributed by atoms with Gasteiger partial charge in [-0.15, -0.1) is 11.3 Å². The Hall–Kier alpha value is -2.46. The molecular weight excluding hydrogens is 430 g/mol. The van der Waals surface area contributed by atoms with Gasteiger partial charge in [-0.3, -0.25) is 9.89 Å². The molecule has 2 saturated carbocycles.